The third kappa shape index (κ3) is 5.84. The highest BCUT2D eigenvalue weighted by atomic mass is 35.5. The van der Waals surface area contributed by atoms with Gasteiger partial charge in [-0.3, -0.25) is 14.4 Å². The maximum atomic E-state index is 14.5. The van der Waals surface area contributed by atoms with E-state index in [-0.39, 0.29) is 34.3 Å². The molecule has 2 fully saturated rings. The topological polar surface area (TPSA) is 109 Å². The van der Waals surface area contributed by atoms with E-state index in [0.717, 1.165) is 25.9 Å². The molecule has 0 radical (unpaired) electrons. The van der Waals surface area contributed by atoms with Gasteiger partial charge in [-0.2, -0.15) is 0 Å². The zero-order valence-corrected chi connectivity index (χ0v) is 24.6. The van der Waals surface area contributed by atoms with Crippen molar-refractivity contribution in [1.29, 1.82) is 0 Å². The van der Waals surface area contributed by atoms with Gasteiger partial charge < -0.3 is 29.7 Å². The van der Waals surface area contributed by atoms with Gasteiger partial charge in [-0.05, 0) is 68.8 Å². The molecule has 0 aliphatic carbocycles. The third-order valence-electron chi connectivity index (χ3n) is 8.02. The van der Waals surface area contributed by atoms with E-state index in [1.165, 1.54) is 23.9 Å². The van der Waals surface area contributed by atoms with E-state index in [1.54, 1.807) is 36.2 Å². The van der Waals surface area contributed by atoms with Gasteiger partial charge in [-0.25, -0.2) is 9.37 Å². The van der Waals surface area contributed by atoms with E-state index >= 15 is 0 Å². The number of imidazole rings is 1. The molecule has 222 valence electrons. The van der Waals surface area contributed by atoms with Crippen molar-refractivity contribution in [1.82, 2.24) is 24.7 Å². The molecule has 5 rings (SSSR count). The number of rotatable bonds is 6. The van der Waals surface area contributed by atoms with Gasteiger partial charge in [0.25, 0.3) is 11.8 Å². The molecule has 0 atom stereocenters. The summed E-state index contributed by atoms with van der Waals surface area (Å²) < 4.78 is 21.0. The van der Waals surface area contributed by atoms with Crippen molar-refractivity contribution in [2.75, 3.05) is 51.7 Å². The highest BCUT2D eigenvalue weighted by molar-refractivity contribution is 6.33. The smallest absolute Gasteiger partial charge is 0.291 e. The zero-order chi connectivity index (χ0) is 30.0. The number of aromatic nitrogens is 2. The summed E-state index contributed by atoms with van der Waals surface area (Å²) >= 11 is 6.22. The number of ether oxygens (including phenoxy) is 1. The monoisotopic (exact) mass is 596 g/mol. The van der Waals surface area contributed by atoms with Crippen molar-refractivity contribution in [2.24, 2.45) is 13.0 Å². The lowest BCUT2D eigenvalue weighted by Crippen LogP contribution is -2.52. The van der Waals surface area contributed by atoms with E-state index in [4.69, 9.17) is 16.3 Å². The van der Waals surface area contributed by atoms with Crippen LogP contribution >= 0.6 is 11.6 Å². The standard InChI is InChI=1S/C30H34ClFN6O4/c1-18-16-20(35-28(39)27-34-17-23(36(27)2)22-6-7-24(42-3)26(32)25(22)31)4-5-21(18)30(41)38-14-12-37(13-15-38)29(40)19-8-10-33-11-9-19/h4-7,16-17,19,33H,8-15H2,1-3H3,(H,35,39). The fraction of sp³-hybridized carbons (Fsp3) is 0.400. The molecule has 3 heterocycles. The van der Waals surface area contributed by atoms with E-state index < -0.39 is 11.7 Å². The van der Waals surface area contributed by atoms with Crippen LogP contribution in [0, 0.1) is 18.7 Å². The number of hydrogen-bond acceptors (Lipinski definition) is 6. The van der Waals surface area contributed by atoms with Crippen LogP contribution < -0.4 is 15.4 Å². The molecule has 0 bridgehead atoms. The SMILES string of the molecule is COc1ccc(-c2cnc(C(=O)Nc3ccc(C(=O)N4CCN(C(=O)C5CCNCC5)CC4)c(C)c3)n2C)c(Cl)c1F. The van der Waals surface area contributed by atoms with Crippen LogP contribution in [0.4, 0.5) is 10.1 Å². The quantitative estimate of drug-likeness (QED) is 0.449. The number of piperazine rings is 1. The molecule has 12 heteroatoms. The Bertz CT molecular complexity index is 1510. The highest BCUT2D eigenvalue weighted by Gasteiger charge is 2.30. The second-order valence-corrected chi connectivity index (χ2v) is 11.0. The molecule has 10 nitrogen and oxygen atoms in total. The van der Waals surface area contributed by atoms with Gasteiger partial charge in [0.15, 0.2) is 17.4 Å². The fourth-order valence-corrected chi connectivity index (χ4v) is 5.81. The summed E-state index contributed by atoms with van der Waals surface area (Å²) in [6.45, 7) is 5.58. The summed E-state index contributed by atoms with van der Waals surface area (Å²) in [6.07, 6.45) is 3.17. The van der Waals surface area contributed by atoms with Crippen LogP contribution in [0.15, 0.2) is 36.5 Å². The minimum Gasteiger partial charge on any atom is -0.494 e. The van der Waals surface area contributed by atoms with Gasteiger partial charge in [0.1, 0.15) is 0 Å². The molecule has 2 aliphatic heterocycles. The number of halogens is 2. The van der Waals surface area contributed by atoms with E-state index in [2.05, 4.69) is 15.6 Å². The number of piperidine rings is 1. The maximum Gasteiger partial charge on any atom is 0.291 e. The Morgan fingerprint density at radius 2 is 1.76 bits per heavy atom. The van der Waals surface area contributed by atoms with Crippen LogP contribution in [0.25, 0.3) is 11.3 Å². The number of anilines is 1. The highest BCUT2D eigenvalue weighted by Crippen LogP contribution is 2.35. The van der Waals surface area contributed by atoms with E-state index in [0.29, 0.717) is 54.3 Å². The predicted octanol–water partition coefficient (Wildman–Crippen LogP) is 3.73. The van der Waals surface area contributed by atoms with E-state index in [9.17, 15) is 18.8 Å². The number of nitrogens with one attached hydrogen (secondary N) is 2. The minimum absolute atomic E-state index is 0.0196. The number of methoxy groups -OCH3 is 1. The van der Waals surface area contributed by atoms with E-state index in [1.807, 2.05) is 11.8 Å². The molecule has 2 N–H and O–H groups in total. The first-order valence-corrected chi connectivity index (χ1v) is 14.3. The molecule has 1 aromatic heterocycles. The third-order valence-corrected chi connectivity index (χ3v) is 8.39. The summed E-state index contributed by atoms with van der Waals surface area (Å²) in [6, 6.07) is 8.18. The molecule has 3 amide bonds. The Kier molecular flexibility index (Phi) is 8.79. The number of carbonyl (C=O) groups is 3. The molecule has 42 heavy (non-hydrogen) atoms. The van der Waals surface area contributed by atoms with Crippen LogP contribution in [0.1, 0.15) is 39.4 Å². The first-order chi connectivity index (χ1) is 20.2. The minimum atomic E-state index is -0.693. The lowest BCUT2D eigenvalue weighted by Gasteiger charge is -2.37. The average molecular weight is 597 g/mol. The lowest BCUT2D eigenvalue weighted by atomic mass is 9.96. The van der Waals surface area contributed by atoms with Crippen molar-refractivity contribution < 1.29 is 23.5 Å². The summed E-state index contributed by atoms with van der Waals surface area (Å²) in [5.74, 6) is -0.878. The van der Waals surface area contributed by atoms with Gasteiger partial charge in [0.05, 0.1) is 24.0 Å². The Labute approximate surface area is 248 Å². The first-order valence-electron chi connectivity index (χ1n) is 13.9. The number of amides is 3. The second-order valence-electron chi connectivity index (χ2n) is 10.6. The van der Waals surface area contributed by atoms with Crippen LogP contribution in [-0.4, -0.2) is 83.5 Å². The molecule has 2 saturated heterocycles. The van der Waals surface area contributed by atoms with Crippen molar-refractivity contribution in [3.63, 3.8) is 0 Å². The maximum absolute atomic E-state index is 14.5. The second kappa shape index (κ2) is 12.5. The molecular weight excluding hydrogens is 563 g/mol. The summed E-state index contributed by atoms with van der Waals surface area (Å²) in [7, 11) is 2.99. The molecule has 2 aliphatic rings. The number of aryl methyl sites for hydroxylation is 1. The van der Waals surface area contributed by atoms with Crippen molar-refractivity contribution >= 4 is 35.0 Å². The Hall–Kier alpha value is -3.96. The Morgan fingerprint density at radius 1 is 1.07 bits per heavy atom. The van der Waals surface area contributed by atoms with Crippen LogP contribution in [-0.2, 0) is 11.8 Å². The van der Waals surface area contributed by atoms with Crippen LogP contribution in [0.2, 0.25) is 5.02 Å². The molecule has 3 aromatic rings. The first kappa shape index (κ1) is 29.5. The molecule has 0 unspecified atom stereocenters. The molecular formula is C30H34ClFN6O4. The van der Waals surface area contributed by atoms with Crippen LogP contribution in [0.3, 0.4) is 0 Å². The Morgan fingerprint density at radius 3 is 2.43 bits per heavy atom. The Balaban J connectivity index is 1.22. The number of benzene rings is 2. The normalized spacial score (nSPS) is 15.9. The van der Waals surface area contributed by atoms with Gasteiger partial charge in [0, 0.05) is 56.0 Å². The molecule has 2 aromatic carbocycles. The van der Waals surface area contributed by atoms with Gasteiger partial charge in [-0.1, -0.05) is 11.6 Å². The number of carbonyl (C=O) groups excluding carboxylic acids is 3. The van der Waals surface area contributed by atoms with Crippen molar-refractivity contribution in [2.45, 2.75) is 19.8 Å². The van der Waals surface area contributed by atoms with Gasteiger partial charge in [0.2, 0.25) is 5.91 Å². The lowest BCUT2D eigenvalue weighted by molar-refractivity contribution is -0.137. The van der Waals surface area contributed by atoms with Gasteiger partial charge >= 0.3 is 0 Å². The number of hydrogen-bond donors (Lipinski definition) is 2. The zero-order valence-electron chi connectivity index (χ0n) is 23.9. The number of nitrogens with zero attached hydrogens (tertiary/aromatic N) is 4. The summed E-state index contributed by atoms with van der Waals surface area (Å²) in [5, 5.41) is 5.98. The largest absolute Gasteiger partial charge is 0.494 e. The van der Waals surface area contributed by atoms with Gasteiger partial charge in [-0.15, -0.1) is 0 Å². The van der Waals surface area contributed by atoms with Crippen molar-refractivity contribution in [3.8, 4) is 17.0 Å². The average Bonchev–Trinajstić information content (AvgIpc) is 3.39. The fourth-order valence-electron chi connectivity index (χ4n) is 5.55. The summed E-state index contributed by atoms with van der Waals surface area (Å²) in [4.78, 5) is 47.1. The summed E-state index contributed by atoms with van der Waals surface area (Å²) in [5.41, 5.74) is 2.60. The predicted molar refractivity (Wildman–Crippen MR) is 157 cm³/mol. The molecule has 0 saturated carbocycles. The molecule has 0 spiro atoms. The van der Waals surface area contributed by atoms with Crippen molar-refractivity contribution in [3.05, 3.63) is 64.3 Å². The van der Waals surface area contributed by atoms with Crippen LogP contribution in [0.5, 0.6) is 5.75 Å².